The number of hydrogen-bond acceptors (Lipinski definition) is 4. The fourth-order valence-corrected chi connectivity index (χ4v) is 4.04. The van der Waals surface area contributed by atoms with Gasteiger partial charge in [0.05, 0.1) is 11.4 Å². The van der Waals surface area contributed by atoms with E-state index in [4.69, 9.17) is 9.98 Å². The van der Waals surface area contributed by atoms with E-state index in [9.17, 15) is 0 Å². The molecule has 3 rings (SSSR count). The van der Waals surface area contributed by atoms with Gasteiger partial charge in [0.25, 0.3) is 0 Å². The second kappa shape index (κ2) is 9.38. The van der Waals surface area contributed by atoms with Crippen LogP contribution in [0, 0.1) is 6.92 Å². The zero-order chi connectivity index (χ0) is 21.0. The van der Waals surface area contributed by atoms with Crippen LogP contribution in [0.4, 0.5) is 5.82 Å². The van der Waals surface area contributed by atoms with Crippen LogP contribution in [0.5, 0.6) is 0 Å². The summed E-state index contributed by atoms with van der Waals surface area (Å²) in [4.78, 5) is 16.9. The summed E-state index contributed by atoms with van der Waals surface area (Å²) in [5.41, 5.74) is 8.03. The van der Waals surface area contributed by atoms with Crippen LogP contribution in [0.1, 0.15) is 71.7 Å². The summed E-state index contributed by atoms with van der Waals surface area (Å²) in [5.74, 6) is 1.25. The van der Waals surface area contributed by atoms with Crippen molar-refractivity contribution in [2.24, 2.45) is 4.99 Å². The topological polar surface area (TPSA) is 45.8 Å². The second-order valence-electron chi connectivity index (χ2n) is 8.34. The summed E-state index contributed by atoms with van der Waals surface area (Å²) < 4.78 is 2.23. The smallest absolute Gasteiger partial charge is 0.160 e. The minimum absolute atomic E-state index is 0.894. The molecule has 2 aromatic rings. The van der Waals surface area contributed by atoms with Crippen molar-refractivity contribution in [3.8, 4) is 0 Å². The van der Waals surface area contributed by atoms with E-state index < -0.39 is 0 Å². The first-order valence-electron chi connectivity index (χ1n) is 10.9. The van der Waals surface area contributed by atoms with Crippen molar-refractivity contribution >= 4 is 17.2 Å². The van der Waals surface area contributed by atoms with Crippen molar-refractivity contribution in [1.82, 2.24) is 14.4 Å². The van der Waals surface area contributed by atoms with Crippen molar-refractivity contribution in [2.75, 3.05) is 18.0 Å². The highest BCUT2D eigenvalue weighted by Crippen LogP contribution is 2.29. The Morgan fingerprint density at radius 2 is 1.90 bits per heavy atom. The van der Waals surface area contributed by atoms with Crippen LogP contribution in [0.3, 0.4) is 0 Å². The Morgan fingerprint density at radius 3 is 2.55 bits per heavy atom. The fraction of sp³-hybridized carbons (Fsp3) is 0.542. The number of aromatic nitrogens is 3. The van der Waals surface area contributed by atoms with Crippen LogP contribution in [0.25, 0.3) is 5.65 Å². The molecule has 1 aliphatic rings. The minimum Gasteiger partial charge on any atom is -0.356 e. The Labute approximate surface area is 175 Å². The Kier molecular flexibility index (Phi) is 6.88. The van der Waals surface area contributed by atoms with Gasteiger partial charge in [0, 0.05) is 36.9 Å². The van der Waals surface area contributed by atoms with Crippen LogP contribution >= 0.6 is 0 Å². The molecule has 0 aromatic carbocycles. The van der Waals surface area contributed by atoms with Crippen LogP contribution in [0.2, 0.25) is 0 Å². The van der Waals surface area contributed by atoms with Gasteiger partial charge in [-0.25, -0.2) is 4.98 Å². The summed E-state index contributed by atoms with van der Waals surface area (Å²) in [6, 6.07) is 0. The van der Waals surface area contributed by atoms with Gasteiger partial charge in [-0.2, -0.15) is 0 Å². The second-order valence-corrected chi connectivity index (χ2v) is 8.34. The van der Waals surface area contributed by atoms with E-state index in [-0.39, 0.29) is 0 Å². The summed E-state index contributed by atoms with van der Waals surface area (Å²) in [5, 5.41) is 0. The molecule has 1 aliphatic heterocycles. The Balaban J connectivity index is 1.95. The highest BCUT2D eigenvalue weighted by Gasteiger charge is 2.22. The molecular formula is C24H35N5. The maximum atomic E-state index is 5.02. The molecular weight excluding hydrogens is 358 g/mol. The van der Waals surface area contributed by atoms with Gasteiger partial charge in [0.2, 0.25) is 0 Å². The van der Waals surface area contributed by atoms with Gasteiger partial charge in [0.15, 0.2) is 5.65 Å². The molecule has 0 saturated carbocycles. The number of anilines is 1. The number of hydrogen-bond donors (Lipinski definition) is 0. The summed E-state index contributed by atoms with van der Waals surface area (Å²) in [6.07, 6.45) is 11.4. The highest BCUT2D eigenvalue weighted by atomic mass is 15.3. The molecule has 5 heteroatoms. The zero-order valence-electron chi connectivity index (χ0n) is 18.9. The Hall–Kier alpha value is -2.43. The van der Waals surface area contributed by atoms with E-state index in [1.807, 2.05) is 13.1 Å². The molecule has 1 fully saturated rings. The maximum Gasteiger partial charge on any atom is 0.160 e. The van der Waals surface area contributed by atoms with Crippen LogP contribution in [-0.4, -0.2) is 33.2 Å². The molecule has 0 N–H and O–H groups in total. The number of rotatable bonds is 7. The lowest BCUT2D eigenvalue weighted by atomic mass is 10.1. The molecule has 5 nitrogen and oxygen atoms in total. The monoisotopic (exact) mass is 393 g/mol. The average molecular weight is 394 g/mol. The standard InChI is InChI=1S/C24H35N5/c1-7-18(4)21(26-19(5)16-17(2)3)10-11-22-24(28-13-8-9-14-28)29-15-12-25-20(6)23(29)27-22/h12,15-16H,7-11,13-14H2,1-6H3/b21-18-,26-19-. The molecule has 3 heterocycles. The maximum absolute atomic E-state index is 5.02. The normalized spacial score (nSPS) is 15.8. The van der Waals surface area contributed by atoms with Crippen LogP contribution in [0.15, 0.2) is 40.3 Å². The fourth-order valence-electron chi connectivity index (χ4n) is 4.04. The molecule has 1 saturated heterocycles. The first kappa shape index (κ1) is 21.3. The lowest BCUT2D eigenvalue weighted by Gasteiger charge is -2.19. The lowest BCUT2D eigenvalue weighted by molar-refractivity contribution is 0.846. The van der Waals surface area contributed by atoms with Crippen molar-refractivity contribution in [3.63, 3.8) is 0 Å². The molecule has 0 bridgehead atoms. The van der Waals surface area contributed by atoms with Gasteiger partial charge < -0.3 is 4.90 Å². The number of aryl methyl sites for hydroxylation is 2. The third-order valence-corrected chi connectivity index (χ3v) is 5.60. The van der Waals surface area contributed by atoms with Gasteiger partial charge in [-0.05, 0) is 72.8 Å². The lowest BCUT2D eigenvalue weighted by Crippen LogP contribution is -2.21. The van der Waals surface area contributed by atoms with Gasteiger partial charge in [-0.1, -0.05) is 18.1 Å². The van der Waals surface area contributed by atoms with Gasteiger partial charge in [0.1, 0.15) is 5.82 Å². The van der Waals surface area contributed by atoms with Gasteiger partial charge in [-0.15, -0.1) is 0 Å². The van der Waals surface area contributed by atoms with Crippen LogP contribution < -0.4 is 4.90 Å². The predicted molar refractivity (Wildman–Crippen MR) is 123 cm³/mol. The van der Waals surface area contributed by atoms with Crippen LogP contribution in [-0.2, 0) is 6.42 Å². The van der Waals surface area contributed by atoms with Crippen molar-refractivity contribution in [1.29, 1.82) is 0 Å². The molecule has 0 unspecified atom stereocenters. The predicted octanol–water partition coefficient (Wildman–Crippen LogP) is 5.68. The van der Waals surface area contributed by atoms with Crippen molar-refractivity contribution in [3.05, 3.63) is 46.7 Å². The number of allylic oxidation sites excluding steroid dienone is 4. The van der Waals surface area contributed by atoms with E-state index in [0.29, 0.717) is 0 Å². The van der Waals surface area contributed by atoms with E-state index in [1.54, 1.807) is 0 Å². The number of nitrogens with zero attached hydrogens (tertiary/aromatic N) is 5. The summed E-state index contributed by atoms with van der Waals surface area (Å²) in [6.45, 7) is 15.0. The van der Waals surface area contributed by atoms with E-state index >= 15 is 0 Å². The third-order valence-electron chi connectivity index (χ3n) is 5.60. The first-order valence-corrected chi connectivity index (χ1v) is 10.9. The minimum atomic E-state index is 0.894. The molecule has 0 amide bonds. The van der Waals surface area contributed by atoms with E-state index in [0.717, 1.165) is 49.4 Å². The zero-order valence-corrected chi connectivity index (χ0v) is 18.9. The largest absolute Gasteiger partial charge is 0.356 e. The molecule has 0 atom stereocenters. The van der Waals surface area contributed by atoms with E-state index in [2.05, 4.69) is 61.2 Å². The molecule has 156 valence electrons. The van der Waals surface area contributed by atoms with Crippen molar-refractivity contribution < 1.29 is 0 Å². The molecule has 0 spiro atoms. The number of aliphatic imine (C=N–C) groups is 1. The first-order chi connectivity index (χ1) is 13.9. The highest BCUT2D eigenvalue weighted by molar-refractivity contribution is 5.94. The Morgan fingerprint density at radius 1 is 1.17 bits per heavy atom. The SMILES string of the molecule is CC/C(C)=C(CCc1nc2c(C)nccn2c1N1CCCC1)\N=C(\C)C=C(C)C. The van der Waals surface area contributed by atoms with E-state index in [1.165, 1.54) is 41.2 Å². The molecule has 0 radical (unpaired) electrons. The third kappa shape index (κ3) is 4.95. The number of fused-ring (bicyclic) bond motifs is 1. The average Bonchev–Trinajstić information content (AvgIpc) is 3.31. The van der Waals surface area contributed by atoms with Gasteiger partial charge in [-0.3, -0.25) is 14.4 Å². The summed E-state index contributed by atoms with van der Waals surface area (Å²) in [7, 11) is 0. The molecule has 0 aliphatic carbocycles. The quantitative estimate of drug-likeness (QED) is 0.568. The number of imidazole rings is 1. The summed E-state index contributed by atoms with van der Waals surface area (Å²) >= 11 is 0. The Bertz CT molecular complexity index is 951. The van der Waals surface area contributed by atoms with Gasteiger partial charge >= 0.3 is 0 Å². The van der Waals surface area contributed by atoms with Crippen molar-refractivity contribution in [2.45, 2.75) is 73.6 Å². The molecule has 29 heavy (non-hydrogen) atoms. The molecule has 2 aromatic heterocycles.